The fraction of sp³-hybridized carbons (Fsp3) is 0.600. The first kappa shape index (κ1) is 9.40. The topological polar surface area (TPSA) is 63.8 Å². The van der Waals surface area contributed by atoms with Crippen molar-refractivity contribution >= 4 is 5.82 Å². The molecule has 3 N–H and O–H groups in total. The van der Waals surface area contributed by atoms with Crippen molar-refractivity contribution < 1.29 is 0 Å². The second kappa shape index (κ2) is 3.92. The molecular formula is C10H16N4. The number of nitrogens with zero attached hydrogens (tertiary/aromatic N) is 2. The molecule has 0 aliphatic heterocycles. The molecule has 0 radical (unpaired) electrons. The maximum atomic E-state index is 5.45. The Morgan fingerprint density at radius 1 is 1.14 bits per heavy atom. The monoisotopic (exact) mass is 192 g/mol. The van der Waals surface area contributed by atoms with E-state index < -0.39 is 0 Å². The highest BCUT2D eigenvalue weighted by molar-refractivity contribution is 5.46. The van der Waals surface area contributed by atoms with Crippen LogP contribution < -0.4 is 11.3 Å². The van der Waals surface area contributed by atoms with Gasteiger partial charge in [0.15, 0.2) is 0 Å². The lowest BCUT2D eigenvalue weighted by molar-refractivity contribution is 0.708. The van der Waals surface area contributed by atoms with Crippen LogP contribution in [-0.2, 0) is 12.8 Å². The minimum absolute atomic E-state index is 0.804. The fourth-order valence-corrected chi connectivity index (χ4v) is 2.01. The predicted octanol–water partition coefficient (Wildman–Crippen LogP) is 1.34. The molecule has 0 saturated heterocycles. The molecule has 0 amide bonds. The molecule has 76 valence electrons. The lowest BCUT2D eigenvalue weighted by atomic mass is 10.1. The third-order valence-electron chi connectivity index (χ3n) is 2.68. The van der Waals surface area contributed by atoms with Gasteiger partial charge >= 0.3 is 0 Å². The molecular weight excluding hydrogens is 176 g/mol. The highest BCUT2D eigenvalue weighted by Gasteiger charge is 2.14. The summed E-state index contributed by atoms with van der Waals surface area (Å²) in [6.07, 6.45) is 5.84. The molecule has 2 rings (SSSR count). The van der Waals surface area contributed by atoms with Crippen molar-refractivity contribution in [2.75, 3.05) is 5.43 Å². The van der Waals surface area contributed by atoms with E-state index in [1.54, 1.807) is 0 Å². The quantitative estimate of drug-likeness (QED) is 0.400. The van der Waals surface area contributed by atoms with Crippen LogP contribution in [0.3, 0.4) is 0 Å². The Bertz CT molecular complexity index is 335. The summed E-state index contributed by atoms with van der Waals surface area (Å²) < 4.78 is 0. The number of aryl methyl sites for hydroxylation is 2. The van der Waals surface area contributed by atoms with Crippen molar-refractivity contribution in [3.63, 3.8) is 0 Å². The smallest absolute Gasteiger partial charge is 0.147 e. The number of aromatic nitrogens is 2. The first-order valence-electron chi connectivity index (χ1n) is 5.14. The van der Waals surface area contributed by atoms with Crippen LogP contribution in [0, 0.1) is 6.92 Å². The third kappa shape index (κ3) is 1.70. The van der Waals surface area contributed by atoms with E-state index in [-0.39, 0.29) is 0 Å². The summed E-state index contributed by atoms with van der Waals surface area (Å²) in [4.78, 5) is 8.78. The van der Waals surface area contributed by atoms with Crippen LogP contribution in [0.2, 0.25) is 0 Å². The van der Waals surface area contributed by atoms with Crippen LogP contribution in [0.25, 0.3) is 0 Å². The third-order valence-corrected chi connectivity index (χ3v) is 2.68. The van der Waals surface area contributed by atoms with Gasteiger partial charge in [-0.05, 0) is 32.6 Å². The van der Waals surface area contributed by atoms with Crippen LogP contribution >= 0.6 is 0 Å². The van der Waals surface area contributed by atoms with E-state index in [0.717, 1.165) is 24.5 Å². The molecule has 14 heavy (non-hydrogen) atoms. The van der Waals surface area contributed by atoms with E-state index in [1.807, 2.05) is 6.92 Å². The highest BCUT2D eigenvalue weighted by atomic mass is 15.3. The second-order valence-electron chi connectivity index (χ2n) is 3.75. The number of anilines is 1. The zero-order chi connectivity index (χ0) is 9.97. The molecule has 1 aliphatic carbocycles. The van der Waals surface area contributed by atoms with Crippen LogP contribution in [0.5, 0.6) is 0 Å². The molecule has 4 heteroatoms. The Labute approximate surface area is 83.9 Å². The minimum atomic E-state index is 0.804. The van der Waals surface area contributed by atoms with Gasteiger partial charge in [0, 0.05) is 11.3 Å². The molecule has 0 aromatic carbocycles. The Hall–Kier alpha value is -1.16. The van der Waals surface area contributed by atoms with Gasteiger partial charge in [-0.2, -0.15) is 0 Å². The van der Waals surface area contributed by atoms with Crippen molar-refractivity contribution in [1.82, 2.24) is 9.97 Å². The molecule has 1 aromatic heterocycles. The van der Waals surface area contributed by atoms with E-state index in [9.17, 15) is 0 Å². The summed E-state index contributed by atoms with van der Waals surface area (Å²) in [5, 5.41) is 0. The van der Waals surface area contributed by atoms with Crippen molar-refractivity contribution in [3.8, 4) is 0 Å². The Kier molecular flexibility index (Phi) is 2.63. The Balaban J connectivity index is 2.46. The van der Waals surface area contributed by atoms with Gasteiger partial charge in [0.05, 0.1) is 0 Å². The van der Waals surface area contributed by atoms with Gasteiger partial charge in [-0.15, -0.1) is 0 Å². The van der Waals surface area contributed by atoms with Crippen molar-refractivity contribution in [2.45, 2.75) is 39.0 Å². The van der Waals surface area contributed by atoms with Crippen molar-refractivity contribution in [1.29, 1.82) is 0 Å². The summed E-state index contributed by atoms with van der Waals surface area (Å²) in [5.74, 6) is 7.07. The SMILES string of the molecule is Cc1nc2c(c(NN)n1)CCCCC2. The molecule has 1 heterocycles. The molecule has 0 bridgehead atoms. The summed E-state index contributed by atoms with van der Waals surface area (Å²) in [6.45, 7) is 1.91. The number of nitrogen functional groups attached to an aromatic ring is 1. The van der Waals surface area contributed by atoms with Gasteiger partial charge in [0.1, 0.15) is 11.6 Å². The average molecular weight is 192 g/mol. The van der Waals surface area contributed by atoms with E-state index in [1.165, 1.54) is 30.5 Å². The molecule has 0 atom stereocenters. The van der Waals surface area contributed by atoms with Gasteiger partial charge in [-0.3, -0.25) is 0 Å². The van der Waals surface area contributed by atoms with Crippen LogP contribution in [0.1, 0.15) is 36.3 Å². The van der Waals surface area contributed by atoms with E-state index >= 15 is 0 Å². The van der Waals surface area contributed by atoms with E-state index in [0.29, 0.717) is 0 Å². The van der Waals surface area contributed by atoms with Gasteiger partial charge in [-0.1, -0.05) is 6.42 Å². The van der Waals surface area contributed by atoms with Gasteiger partial charge in [0.2, 0.25) is 0 Å². The molecule has 0 spiro atoms. The summed E-state index contributed by atoms with van der Waals surface area (Å²) in [5.41, 5.74) is 5.07. The highest BCUT2D eigenvalue weighted by Crippen LogP contribution is 2.23. The predicted molar refractivity (Wildman–Crippen MR) is 55.8 cm³/mol. The molecule has 1 aromatic rings. The largest absolute Gasteiger partial charge is 0.308 e. The molecule has 4 nitrogen and oxygen atoms in total. The van der Waals surface area contributed by atoms with E-state index in [4.69, 9.17) is 5.84 Å². The molecule has 0 fully saturated rings. The first-order valence-corrected chi connectivity index (χ1v) is 5.14. The zero-order valence-electron chi connectivity index (χ0n) is 8.51. The van der Waals surface area contributed by atoms with Gasteiger partial charge in [-0.25, -0.2) is 15.8 Å². The number of hydrogen-bond donors (Lipinski definition) is 2. The maximum Gasteiger partial charge on any atom is 0.147 e. The van der Waals surface area contributed by atoms with Gasteiger partial charge < -0.3 is 5.43 Å². The van der Waals surface area contributed by atoms with Crippen LogP contribution in [-0.4, -0.2) is 9.97 Å². The standard InChI is InChI=1S/C10H16N4/c1-7-12-9-6-4-2-3-5-8(9)10(13-7)14-11/h2-6,11H2,1H3,(H,12,13,14). The maximum absolute atomic E-state index is 5.45. The molecule has 1 aliphatic rings. The normalized spacial score (nSPS) is 15.9. The van der Waals surface area contributed by atoms with Gasteiger partial charge in [0.25, 0.3) is 0 Å². The van der Waals surface area contributed by atoms with Crippen LogP contribution in [0.15, 0.2) is 0 Å². The first-order chi connectivity index (χ1) is 6.81. The summed E-state index contributed by atoms with van der Waals surface area (Å²) in [7, 11) is 0. The number of rotatable bonds is 1. The summed E-state index contributed by atoms with van der Waals surface area (Å²) in [6, 6.07) is 0. The zero-order valence-corrected chi connectivity index (χ0v) is 8.51. The van der Waals surface area contributed by atoms with Crippen molar-refractivity contribution in [3.05, 3.63) is 17.1 Å². The van der Waals surface area contributed by atoms with Crippen LogP contribution in [0.4, 0.5) is 5.82 Å². The second-order valence-corrected chi connectivity index (χ2v) is 3.75. The lowest BCUT2D eigenvalue weighted by Gasteiger charge is -2.10. The van der Waals surface area contributed by atoms with E-state index in [2.05, 4.69) is 15.4 Å². The number of fused-ring (bicyclic) bond motifs is 1. The number of nitrogens with two attached hydrogens (primary N) is 1. The Morgan fingerprint density at radius 2 is 1.93 bits per heavy atom. The number of hydrogen-bond acceptors (Lipinski definition) is 4. The fourth-order valence-electron chi connectivity index (χ4n) is 2.01. The molecule has 0 saturated carbocycles. The summed E-state index contributed by atoms with van der Waals surface area (Å²) >= 11 is 0. The van der Waals surface area contributed by atoms with Crippen molar-refractivity contribution in [2.24, 2.45) is 5.84 Å². The Morgan fingerprint density at radius 3 is 2.71 bits per heavy atom. The average Bonchev–Trinajstić information content (AvgIpc) is 2.41. The molecule has 0 unspecified atom stereocenters. The number of hydrazine groups is 1. The number of nitrogens with one attached hydrogen (secondary N) is 1. The minimum Gasteiger partial charge on any atom is -0.308 e. The lowest BCUT2D eigenvalue weighted by Crippen LogP contribution is -2.14.